The SMILES string of the molecule is COCCOCCCn1nnc2ccc(C(=O)O)cc21. The van der Waals surface area contributed by atoms with Crippen molar-refractivity contribution in [3.63, 3.8) is 0 Å². The van der Waals surface area contributed by atoms with E-state index in [1.54, 1.807) is 23.9 Å². The number of methoxy groups -OCH3 is 1. The zero-order valence-electron chi connectivity index (χ0n) is 11.3. The Morgan fingerprint density at radius 1 is 1.35 bits per heavy atom. The second-order valence-corrected chi connectivity index (χ2v) is 4.28. The van der Waals surface area contributed by atoms with Gasteiger partial charge in [-0.05, 0) is 24.6 Å². The molecule has 0 aliphatic heterocycles. The van der Waals surface area contributed by atoms with Crippen LogP contribution in [-0.4, -0.2) is 53.0 Å². The van der Waals surface area contributed by atoms with Gasteiger partial charge < -0.3 is 14.6 Å². The lowest BCUT2D eigenvalue weighted by Crippen LogP contribution is -2.07. The number of rotatable bonds is 8. The van der Waals surface area contributed by atoms with Gasteiger partial charge in [0.05, 0.1) is 24.3 Å². The Morgan fingerprint density at radius 2 is 2.20 bits per heavy atom. The lowest BCUT2D eigenvalue weighted by Gasteiger charge is -2.04. The summed E-state index contributed by atoms with van der Waals surface area (Å²) in [6.45, 7) is 2.38. The van der Waals surface area contributed by atoms with Crippen LogP contribution >= 0.6 is 0 Å². The molecule has 1 aromatic carbocycles. The van der Waals surface area contributed by atoms with Gasteiger partial charge in [0.15, 0.2) is 0 Å². The van der Waals surface area contributed by atoms with E-state index >= 15 is 0 Å². The zero-order chi connectivity index (χ0) is 14.4. The van der Waals surface area contributed by atoms with E-state index in [0.29, 0.717) is 31.9 Å². The summed E-state index contributed by atoms with van der Waals surface area (Å²) in [5.41, 5.74) is 1.65. The topological polar surface area (TPSA) is 86.5 Å². The molecule has 108 valence electrons. The van der Waals surface area contributed by atoms with E-state index < -0.39 is 5.97 Å². The minimum Gasteiger partial charge on any atom is -0.478 e. The van der Waals surface area contributed by atoms with Crippen LogP contribution in [0.15, 0.2) is 18.2 Å². The highest BCUT2D eigenvalue weighted by Crippen LogP contribution is 2.14. The van der Waals surface area contributed by atoms with Crippen LogP contribution in [0.2, 0.25) is 0 Å². The Hall–Kier alpha value is -1.99. The predicted octanol–water partition coefficient (Wildman–Crippen LogP) is 1.18. The molecule has 0 saturated carbocycles. The number of nitrogens with zero attached hydrogens (tertiary/aromatic N) is 3. The molecule has 0 radical (unpaired) electrons. The summed E-state index contributed by atoms with van der Waals surface area (Å²) < 4.78 is 11.9. The Balaban J connectivity index is 1.96. The van der Waals surface area contributed by atoms with Crippen LogP contribution in [0, 0.1) is 0 Å². The van der Waals surface area contributed by atoms with Crippen molar-refractivity contribution in [1.29, 1.82) is 0 Å². The summed E-state index contributed by atoms with van der Waals surface area (Å²) >= 11 is 0. The second-order valence-electron chi connectivity index (χ2n) is 4.28. The fourth-order valence-electron chi connectivity index (χ4n) is 1.82. The second kappa shape index (κ2) is 6.97. The van der Waals surface area contributed by atoms with Gasteiger partial charge in [0.25, 0.3) is 0 Å². The molecule has 2 rings (SSSR count). The highest BCUT2D eigenvalue weighted by molar-refractivity contribution is 5.92. The molecule has 1 N–H and O–H groups in total. The number of aromatic carboxylic acids is 1. The molecule has 0 unspecified atom stereocenters. The maximum absolute atomic E-state index is 11.0. The van der Waals surface area contributed by atoms with Crippen molar-refractivity contribution >= 4 is 17.0 Å². The first kappa shape index (κ1) is 14.4. The van der Waals surface area contributed by atoms with Gasteiger partial charge >= 0.3 is 5.97 Å². The van der Waals surface area contributed by atoms with Gasteiger partial charge in [-0.3, -0.25) is 0 Å². The predicted molar refractivity (Wildman–Crippen MR) is 71.8 cm³/mol. The Labute approximate surface area is 116 Å². The van der Waals surface area contributed by atoms with Crippen LogP contribution in [0.4, 0.5) is 0 Å². The van der Waals surface area contributed by atoms with E-state index in [2.05, 4.69) is 10.3 Å². The molecule has 1 aromatic heterocycles. The summed E-state index contributed by atoms with van der Waals surface area (Å²) in [4.78, 5) is 11.0. The van der Waals surface area contributed by atoms with Crippen LogP contribution in [0.1, 0.15) is 16.8 Å². The fraction of sp³-hybridized carbons (Fsp3) is 0.462. The number of hydrogen-bond acceptors (Lipinski definition) is 5. The van der Waals surface area contributed by atoms with Gasteiger partial charge in [0, 0.05) is 20.3 Å². The number of carboxylic acids is 1. The van der Waals surface area contributed by atoms with Crippen LogP contribution in [0.3, 0.4) is 0 Å². The largest absolute Gasteiger partial charge is 0.478 e. The third-order valence-corrected chi connectivity index (χ3v) is 2.85. The molecule has 0 saturated heterocycles. The molecule has 2 aromatic rings. The Bertz CT molecular complexity index is 582. The number of hydrogen-bond donors (Lipinski definition) is 1. The fourth-order valence-corrected chi connectivity index (χ4v) is 1.82. The van der Waals surface area contributed by atoms with Crippen molar-refractivity contribution in [2.24, 2.45) is 0 Å². The number of fused-ring (bicyclic) bond motifs is 1. The first-order valence-electron chi connectivity index (χ1n) is 6.35. The van der Waals surface area contributed by atoms with Crippen molar-refractivity contribution in [2.75, 3.05) is 26.9 Å². The number of carboxylic acid groups (broad SMARTS) is 1. The van der Waals surface area contributed by atoms with Crippen LogP contribution in [-0.2, 0) is 16.0 Å². The first-order valence-corrected chi connectivity index (χ1v) is 6.35. The molecule has 0 amide bonds. The van der Waals surface area contributed by atoms with Crippen molar-refractivity contribution < 1.29 is 19.4 Å². The van der Waals surface area contributed by atoms with Gasteiger partial charge in [-0.15, -0.1) is 5.10 Å². The Kier molecular flexibility index (Phi) is 5.03. The van der Waals surface area contributed by atoms with Gasteiger partial charge in [0.2, 0.25) is 0 Å². The van der Waals surface area contributed by atoms with Crippen molar-refractivity contribution in [3.05, 3.63) is 23.8 Å². The standard InChI is InChI=1S/C13H17N3O4/c1-19-7-8-20-6-2-5-16-12-9-10(13(17)18)3-4-11(12)14-15-16/h3-4,9H,2,5-8H2,1H3,(H,17,18). The average molecular weight is 279 g/mol. The molecule has 0 atom stereocenters. The zero-order valence-corrected chi connectivity index (χ0v) is 11.3. The van der Waals surface area contributed by atoms with Crippen LogP contribution in [0.5, 0.6) is 0 Å². The average Bonchev–Trinajstić information content (AvgIpc) is 2.85. The van der Waals surface area contributed by atoms with E-state index in [9.17, 15) is 4.79 Å². The number of carbonyl (C=O) groups is 1. The highest BCUT2D eigenvalue weighted by atomic mass is 16.5. The molecule has 7 heteroatoms. The Morgan fingerprint density at radius 3 is 2.95 bits per heavy atom. The van der Waals surface area contributed by atoms with E-state index in [4.69, 9.17) is 14.6 Å². The van der Waals surface area contributed by atoms with E-state index in [1.807, 2.05) is 0 Å². The van der Waals surface area contributed by atoms with E-state index in [-0.39, 0.29) is 5.56 Å². The number of benzene rings is 1. The van der Waals surface area contributed by atoms with Crippen LogP contribution < -0.4 is 0 Å². The number of aromatic nitrogens is 3. The molecule has 20 heavy (non-hydrogen) atoms. The smallest absolute Gasteiger partial charge is 0.335 e. The molecule has 0 spiro atoms. The van der Waals surface area contributed by atoms with E-state index in [1.165, 1.54) is 6.07 Å². The summed E-state index contributed by atoms with van der Waals surface area (Å²) in [5.74, 6) is -0.956. The minimum atomic E-state index is -0.956. The molecule has 1 heterocycles. The van der Waals surface area contributed by atoms with E-state index in [0.717, 1.165) is 11.9 Å². The first-order chi connectivity index (χ1) is 9.72. The number of ether oxygens (including phenoxy) is 2. The van der Waals surface area contributed by atoms with Crippen molar-refractivity contribution in [2.45, 2.75) is 13.0 Å². The minimum absolute atomic E-state index is 0.234. The quantitative estimate of drug-likeness (QED) is 0.730. The highest BCUT2D eigenvalue weighted by Gasteiger charge is 2.08. The maximum atomic E-state index is 11.0. The molecule has 0 aliphatic carbocycles. The molecule has 7 nitrogen and oxygen atoms in total. The molecule has 0 fully saturated rings. The van der Waals surface area contributed by atoms with Gasteiger partial charge in [-0.1, -0.05) is 5.21 Å². The van der Waals surface area contributed by atoms with Crippen molar-refractivity contribution in [1.82, 2.24) is 15.0 Å². The molecule has 0 bridgehead atoms. The normalized spacial score (nSPS) is 11.1. The summed E-state index contributed by atoms with van der Waals surface area (Å²) in [6, 6.07) is 4.78. The van der Waals surface area contributed by atoms with Gasteiger partial charge in [-0.25, -0.2) is 9.48 Å². The molecule has 0 aliphatic rings. The summed E-state index contributed by atoms with van der Waals surface area (Å²) in [5, 5.41) is 17.0. The van der Waals surface area contributed by atoms with Gasteiger partial charge in [0.1, 0.15) is 5.52 Å². The molecular weight excluding hydrogens is 262 g/mol. The maximum Gasteiger partial charge on any atom is 0.335 e. The summed E-state index contributed by atoms with van der Waals surface area (Å²) in [6.07, 6.45) is 0.777. The van der Waals surface area contributed by atoms with Crippen LogP contribution in [0.25, 0.3) is 11.0 Å². The lowest BCUT2D eigenvalue weighted by molar-refractivity contribution is 0.0677. The molecular formula is C13H17N3O4. The van der Waals surface area contributed by atoms with Crippen molar-refractivity contribution in [3.8, 4) is 0 Å². The van der Waals surface area contributed by atoms with Gasteiger partial charge in [-0.2, -0.15) is 0 Å². The lowest BCUT2D eigenvalue weighted by atomic mass is 10.2. The third kappa shape index (κ3) is 3.52. The summed E-state index contributed by atoms with van der Waals surface area (Å²) in [7, 11) is 1.63. The monoisotopic (exact) mass is 279 g/mol. The third-order valence-electron chi connectivity index (χ3n) is 2.85. The number of aryl methyl sites for hydroxylation is 1.